The zero-order chi connectivity index (χ0) is 55.6. The van der Waals surface area contributed by atoms with Gasteiger partial charge in [0.15, 0.2) is 0 Å². The molecule has 0 aromatic heterocycles. The quantitative estimate of drug-likeness (QED) is 0.0272. The van der Waals surface area contributed by atoms with Gasteiger partial charge in [0.25, 0.3) is 7.82 Å². The fourth-order valence-electron chi connectivity index (χ4n) is 9.72. The van der Waals surface area contributed by atoms with Crippen molar-refractivity contribution in [3.05, 3.63) is 60.8 Å². The summed E-state index contributed by atoms with van der Waals surface area (Å²) in [6.45, 7) is 4.64. The van der Waals surface area contributed by atoms with Gasteiger partial charge in [-0.25, -0.2) is 0 Å². The number of quaternary nitrogens is 1. The highest BCUT2D eigenvalue weighted by Crippen LogP contribution is 2.38. The van der Waals surface area contributed by atoms with Crippen molar-refractivity contribution in [1.82, 2.24) is 5.32 Å². The molecule has 0 heterocycles. The molecule has 0 bridgehead atoms. The van der Waals surface area contributed by atoms with Gasteiger partial charge in [-0.3, -0.25) is 9.36 Å². The zero-order valence-electron chi connectivity index (χ0n) is 51.0. The SMILES string of the molecule is CC/C=C\C/C=C\C/C=C\C/C=C\C/C=C\CCCCCCCCCCCCCCCCCCCCCCCCCC(=O)NC(COP(=O)([O-])OCC[N+](C)(C)C)C(O)CCCCCCCCCCCCCCCCC. The Morgan fingerprint density at radius 1 is 0.474 bits per heavy atom. The van der Waals surface area contributed by atoms with Gasteiger partial charge in [0.05, 0.1) is 39.9 Å². The van der Waals surface area contributed by atoms with Crippen molar-refractivity contribution < 1.29 is 32.9 Å². The van der Waals surface area contributed by atoms with Gasteiger partial charge < -0.3 is 28.8 Å². The molecule has 9 heteroatoms. The highest BCUT2D eigenvalue weighted by atomic mass is 31.2. The van der Waals surface area contributed by atoms with E-state index in [1.54, 1.807) is 0 Å². The maximum atomic E-state index is 13.0. The lowest BCUT2D eigenvalue weighted by Crippen LogP contribution is -2.46. The second kappa shape index (κ2) is 57.9. The van der Waals surface area contributed by atoms with Gasteiger partial charge in [0.1, 0.15) is 13.2 Å². The minimum atomic E-state index is -4.57. The first-order valence-electron chi connectivity index (χ1n) is 32.6. The summed E-state index contributed by atoms with van der Waals surface area (Å²) in [5, 5.41) is 14.0. The molecule has 446 valence electrons. The number of amides is 1. The molecule has 0 aliphatic carbocycles. The molecule has 0 aliphatic heterocycles. The zero-order valence-corrected chi connectivity index (χ0v) is 51.9. The first-order valence-corrected chi connectivity index (χ1v) is 34.1. The van der Waals surface area contributed by atoms with E-state index in [1.165, 1.54) is 212 Å². The number of hydrogen-bond donors (Lipinski definition) is 2. The van der Waals surface area contributed by atoms with Crippen LogP contribution in [0.4, 0.5) is 0 Å². The van der Waals surface area contributed by atoms with Crippen molar-refractivity contribution >= 4 is 13.7 Å². The number of carbonyl (C=O) groups excluding carboxylic acids is 1. The smallest absolute Gasteiger partial charge is 0.268 e. The summed E-state index contributed by atoms with van der Waals surface area (Å²) in [5.74, 6) is -0.160. The standard InChI is InChI=1S/C67H127N2O6P/c1-6-8-10-12-14-16-18-20-22-23-24-25-26-27-28-29-30-31-32-33-34-35-36-37-38-39-40-41-42-43-44-45-47-49-51-53-55-57-59-61-67(71)68-65(64-75-76(72,73)74-63-62-69(3,4)5)66(70)60-58-56-54-52-50-48-46-21-19-17-15-13-11-9-7-2/h8,10,14,16,20,22,24-25,27-28,65-66,70H,6-7,9,11-13,15,17-19,21,23,26,29-64H2,1-5H3,(H-,68,71,72,73)/b10-8-,16-14-,22-20-,25-24-,28-27-. The van der Waals surface area contributed by atoms with E-state index >= 15 is 0 Å². The highest BCUT2D eigenvalue weighted by molar-refractivity contribution is 7.45. The minimum Gasteiger partial charge on any atom is -0.756 e. The first-order chi connectivity index (χ1) is 37.0. The number of unbranched alkanes of at least 4 members (excludes halogenated alkanes) is 37. The monoisotopic (exact) mass is 1090 g/mol. The number of allylic oxidation sites excluding steroid dienone is 10. The third-order valence-electron chi connectivity index (χ3n) is 14.8. The molecule has 0 aliphatic rings. The van der Waals surface area contributed by atoms with Crippen LogP contribution in [0.5, 0.6) is 0 Å². The van der Waals surface area contributed by atoms with Crippen LogP contribution in [0, 0.1) is 0 Å². The largest absolute Gasteiger partial charge is 0.756 e. The number of carbonyl (C=O) groups is 1. The van der Waals surface area contributed by atoms with Gasteiger partial charge in [-0.05, 0) is 57.8 Å². The van der Waals surface area contributed by atoms with Gasteiger partial charge in [0, 0.05) is 6.42 Å². The molecular formula is C67H127N2O6P. The van der Waals surface area contributed by atoms with E-state index in [4.69, 9.17) is 9.05 Å². The molecule has 0 radical (unpaired) electrons. The van der Waals surface area contributed by atoms with Gasteiger partial charge in [-0.15, -0.1) is 0 Å². The Balaban J connectivity index is 3.89. The third kappa shape index (κ3) is 59.9. The molecule has 3 unspecified atom stereocenters. The van der Waals surface area contributed by atoms with Crippen LogP contribution in [-0.4, -0.2) is 68.5 Å². The Bertz CT molecular complexity index is 1420. The number of hydrogen-bond acceptors (Lipinski definition) is 6. The highest BCUT2D eigenvalue weighted by Gasteiger charge is 2.24. The Kier molecular flexibility index (Phi) is 56.5. The lowest BCUT2D eigenvalue weighted by molar-refractivity contribution is -0.870. The predicted molar refractivity (Wildman–Crippen MR) is 330 cm³/mol. The van der Waals surface area contributed by atoms with Crippen LogP contribution in [-0.2, 0) is 18.4 Å². The van der Waals surface area contributed by atoms with Crippen LogP contribution in [0.1, 0.15) is 309 Å². The summed E-state index contributed by atoms with van der Waals surface area (Å²) in [6, 6.07) is -0.799. The summed E-state index contributed by atoms with van der Waals surface area (Å²) < 4.78 is 23.4. The van der Waals surface area contributed by atoms with Crippen LogP contribution in [0.15, 0.2) is 60.8 Å². The van der Waals surface area contributed by atoms with Crippen LogP contribution >= 0.6 is 7.82 Å². The number of aliphatic hydroxyl groups excluding tert-OH is 1. The van der Waals surface area contributed by atoms with Crippen molar-refractivity contribution in [1.29, 1.82) is 0 Å². The number of nitrogens with zero attached hydrogens (tertiary/aromatic N) is 1. The molecule has 0 aromatic rings. The molecular weight excluding hydrogens is 960 g/mol. The molecule has 0 aromatic carbocycles. The van der Waals surface area contributed by atoms with Crippen LogP contribution in [0.3, 0.4) is 0 Å². The fourth-order valence-corrected chi connectivity index (χ4v) is 10.4. The molecule has 0 rings (SSSR count). The molecule has 2 N–H and O–H groups in total. The Labute approximate surface area is 472 Å². The van der Waals surface area contributed by atoms with Crippen molar-refractivity contribution in [3.63, 3.8) is 0 Å². The van der Waals surface area contributed by atoms with E-state index < -0.39 is 20.0 Å². The molecule has 0 spiro atoms. The molecule has 1 amide bonds. The number of phosphoric ester groups is 1. The third-order valence-corrected chi connectivity index (χ3v) is 15.7. The minimum absolute atomic E-state index is 0.0135. The molecule has 3 atom stereocenters. The van der Waals surface area contributed by atoms with Crippen molar-refractivity contribution in [2.45, 2.75) is 321 Å². The number of likely N-dealkylation sites (N-methyl/N-ethyl adjacent to an activating group) is 1. The summed E-state index contributed by atoms with van der Waals surface area (Å²) in [4.78, 5) is 25.6. The number of aliphatic hydroxyl groups is 1. The summed E-state index contributed by atoms with van der Waals surface area (Å²) in [7, 11) is 1.32. The Hall–Kier alpha value is -1.80. The van der Waals surface area contributed by atoms with E-state index in [9.17, 15) is 19.4 Å². The average molecular weight is 1090 g/mol. The normalized spacial score (nSPS) is 14.1. The predicted octanol–water partition coefficient (Wildman–Crippen LogP) is 19.8. The van der Waals surface area contributed by atoms with Crippen molar-refractivity contribution in [3.8, 4) is 0 Å². The molecule has 0 fully saturated rings. The first kappa shape index (κ1) is 74.2. The Morgan fingerprint density at radius 3 is 1.17 bits per heavy atom. The van der Waals surface area contributed by atoms with E-state index in [0.717, 1.165) is 70.6 Å². The van der Waals surface area contributed by atoms with E-state index in [1.807, 2.05) is 21.1 Å². The van der Waals surface area contributed by atoms with Gasteiger partial charge >= 0.3 is 0 Å². The molecule has 0 saturated heterocycles. The van der Waals surface area contributed by atoms with Gasteiger partial charge in [-0.2, -0.15) is 0 Å². The average Bonchev–Trinajstić information content (AvgIpc) is 3.38. The van der Waals surface area contributed by atoms with Crippen LogP contribution in [0.2, 0.25) is 0 Å². The maximum absolute atomic E-state index is 13.0. The maximum Gasteiger partial charge on any atom is 0.268 e. The van der Waals surface area contributed by atoms with Gasteiger partial charge in [-0.1, -0.05) is 306 Å². The van der Waals surface area contributed by atoms with E-state index in [2.05, 4.69) is 79.9 Å². The topological polar surface area (TPSA) is 108 Å². The summed E-state index contributed by atoms with van der Waals surface area (Å²) in [6.07, 6.45) is 78.6. The summed E-state index contributed by atoms with van der Waals surface area (Å²) >= 11 is 0. The van der Waals surface area contributed by atoms with Gasteiger partial charge in [0.2, 0.25) is 5.91 Å². The lowest BCUT2D eigenvalue weighted by atomic mass is 10.0. The molecule has 8 nitrogen and oxygen atoms in total. The van der Waals surface area contributed by atoms with E-state index in [0.29, 0.717) is 23.9 Å². The molecule has 0 saturated carbocycles. The fraction of sp³-hybridized carbons (Fsp3) is 0.836. The Morgan fingerprint density at radius 2 is 0.803 bits per heavy atom. The van der Waals surface area contributed by atoms with E-state index in [-0.39, 0.29) is 19.1 Å². The molecule has 76 heavy (non-hydrogen) atoms. The lowest BCUT2D eigenvalue weighted by Gasteiger charge is -2.30. The van der Waals surface area contributed by atoms with Crippen molar-refractivity contribution in [2.75, 3.05) is 40.9 Å². The van der Waals surface area contributed by atoms with Crippen molar-refractivity contribution in [2.24, 2.45) is 0 Å². The second-order valence-electron chi connectivity index (χ2n) is 23.4. The number of nitrogens with one attached hydrogen (secondary N) is 1. The van der Waals surface area contributed by atoms with Crippen LogP contribution in [0.25, 0.3) is 0 Å². The number of phosphoric acid groups is 1. The number of rotatable bonds is 60. The van der Waals surface area contributed by atoms with Crippen LogP contribution < -0.4 is 10.2 Å². The second-order valence-corrected chi connectivity index (χ2v) is 24.9. The summed E-state index contributed by atoms with van der Waals surface area (Å²) in [5.41, 5.74) is 0.